The molecule has 2 rings (SSSR count). The van der Waals surface area contributed by atoms with E-state index in [9.17, 15) is 5.11 Å². The van der Waals surface area contributed by atoms with Gasteiger partial charge in [0.1, 0.15) is 0 Å². The van der Waals surface area contributed by atoms with Crippen LogP contribution in [0.15, 0.2) is 54.9 Å². The third-order valence-electron chi connectivity index (χ3n) is 3.29. The van der Waals surface area contributed by atoms with Gasteiger partial charge in [0.2, 0.25) is 0 Å². The molecule has 19 heavy (non-hydrogen) atoms. The topological polar surface area (TPSA) is 36.4 Å². The molecule has 3 heteroatoms. The Hall–Kier alpha value is -1.87. The predicted molar refractivity (Wildman–Crippen MR) is 78.0 cm³/mol. The van der Waals surface area contributed by atoms with Crippen LogP contribution in [0.3, 0.4) is 0 Å². The molecule has 0 fully saturated rings. The van der Waals surface area contributed by atoms with Crippen LogP contribution >= 0.6 is 0 Å². The summed E-state index contributed by atoms with van der Waals surface area (Å²) < 4.78 is 0. The van der Waals surface area contributed by atoms with Crippen LogP contribution in [-0.4, -0.2) is 22.7 Å². The number of hydrogen-bond donors (Lipinski definition) is 1. The van der Waals surface area contributed by atoms with Crippen molar-refractivity contribution in [2.24, 2.45) is 0 Å². The Kier molecular flexibility index (Phi) is 4.93. The van der Waals surface area contributed by atoms with Crippen molar-refractivity contribution in [3.63, 3.8) is 0 Å². The Morgan fingerprint density at radius 1 is 1.16 bits per heavy atom. The van der Waals surface area contributed by atoms with Gasteiger partial charge < -0.3 is 10.0 Å². The highest BCUT2D eigenvalue weighted by atomic mass is 16.3. The molecule has 1 N–H and O–H groups in total. The Bertz CT molecular complexity index is 469. The number of para-hydroxylation sites is 1. The summed E-state index contributed by atoms with van der Waals surface area (Å²) in [6.07, 6.45) is 4.56. The van der Waals surface area contributed by atoms with Crippen LogP contribution in [0.25, 0.3) is 0 Å². The second kappa shape index (κ2) is 6.90. The van der Waals surface area contributed by atoms with Gasteiger partial charge >= 0.3 is 0 Å². The fourth-order valence-electron chi connectivity index (χ4n) is 2.19. The van der Waals surface area contributed by atoms with Crippen molar-refractivity contribution in [3.8, 4) is 0 Å². The predicted octanol–water partition coefficient (Wildman–Crippen LogP) is 2.86. The van der Waals surface area contributed by atoms with Gasteiger partial charge in [-0.15, -0.1) is 0 Å². The minimum absolute atomic E-state index is 0.127. The van der Waals surface area contributed by atoms with E-state index in [1.54, 1.807) is 6.20 Å². The maximum atomic E-state index is 9.58. The van der Waals surface area contributed by atoms with E-state index in [0.717, 1.165) is 24.2 Å². The maximum absolute atomic E-state index is 9.58. The van der Waals surface area contributed by atoms with Gasteiger partial charge in [-0.05, 0) is 30.2 Å². The standard InChI is InChI=1S/C16H20N2O/c1-2-15(13-19)18(16-8-4-3-5-9-16)12-14-7-6-10-17-11-14/h3-11,15,19H,2,12-13H2,1H3. The van der Waals surface area contributed by atoms with Crippen LogP contribution in [0.1, 0.15) is 18.9 Å². The van der Waals surface area contributed by atoms with Crippen molar-refractivity contribution in [2.45, 2.75) is 25.9 Å². The van der Waals surface area contributed by atoms with Gasteiger partial charge in [-0.25, -0.2) is 0 Å². The van der Waals surface area contributed by atoms with Crippen molar-refractivity contribution < 1.29 is 5.11 Å². The van der Waals surface area contributed by atoms with Crippen LogP contribution in [0.2, 0.25) is 0 Å². The molecule has 100 valence electrons. The van der Waals surface area contributed by atoms with E-state index >= 15 is 0 Å². The van der Waals surface area contributed by atoms with E-state index in [1.165, 1.54) is 0 Å². The molecular formula is C16H20N2O. The number of aliphatic hydroxyl groups excluding tert-OH is 1. The molecule has 0 saturated heterocycles. The van der Waals surface area contributed by atoms with Gasteiger partial charge in [-0.2, -0.15) is 0 Å². The molecule has 0 radical (unpaired) electrons. The molecule has 0 aliphatic carbocycles. The molecule has 0 aliphatic rings. The van der Waals surface area contributed by atoms with Crippen molar-refractivity contribution in [3.05, 3.63) is 60.4 Å². The second-order valence-corrected chi connectivity index (χ2v) is 4.57. The third-order valence-corrected chi connectivity index (χ3v) is 3.29. The van der Waals surface area contributed by atoms with E-state index in [4.69, 9.17) is 0 Å². The Morgan fingerprint density at radius 3 is 2.53 bits per heavy atom. The number of pyridine rings is 1. The van der Waals surface area contributed by atoms with Crippen molar-refractivity contribution in [1.82, 2.24) is 4.98 Å². The molecule has 0 bridgehead atoms. The molecule has 0 amide bonds. The molecule has 1 heterocycles. The van der Waals surface area contributed by atoms with Gasteiger partial charge in [0, 0.05) is 24.6 Å². The highest BCUT2D eigenvalue weighted by Gasteiger charge is 2.16. The number of nitrogens with zero attached hydrogens (tertiary/aromatic N) is 2. The van der Waals surface area contributed by atoms with E-state index in [-0.39, 0.29) is 12.6 Å². The molecule has 0 spiro atoms. The van der Waals surface area contributed by atoms with E-state index in [2.05, 4.69) is 35.0 Å². The smallest absolute Gasteiger partial charge is 0.0635 e. The zero-order valence-electron chi connectivity index (χ0n) is 11.2. The molecule has 3 nitrogen and oxygen atoms in total. The van der Waals surface area contributed by atoms with Gasteiger partial charge in [-0.3, -0.25) is 4.98 Å². The molecule has 1 atom stereocenters. The number of rotatable bonds is 6. The fraction of sp³-hybridized carbons (Fsp3) is 0.312. The highest BCUT2D eigenvalue weighted by Crippen LogP contribution is 2.20. The lowest BCUT2D eigenvalue weighted by atomic mass is 10.1. The highest BCUT2D eigenvalue weighted by molar-refractivity contribution is 5.47. The van der Waals surface area contributed by atoms with E-state index in [0.29, 0.717) is 0 Å². The molecule has 1 aromatic carbocycles. The first-order chi connectivity index (χ1) is 9.35. The van der Waals surface area contributed by atoms with Crippen LogP contribution in [0.5, 0.6) is 0 Å². The summed E-state index contributed by atoms with van der Waals surface area (Å²) in [7, 11) is 0. The fourth-order valence-corrected chi connectivity index (χ4v) is 2.19. The summed E-state index contributed by atoms with van der Waals surface area (Å²) in [4.78, 5) is 6.39. The second-order valence-electron chi connectivity index (χ2n) is 4.57. The number of hydrogen-bond acceptors (Lipinski definition) is 3. The summed E-state index contributed by atoms with van der Waals surface area (Å²) >= 11 is 0. The summed E-state index contributed by atoms with van der Waals surface area (Å²) in [5.74, 6) is 0. The lowest BCUT2D eigenvalue weighted by molar-refractivity contribution is 0.255. The number of anilines is 1. The lowest BCUT2D eigenvalue weighted by Crippen LogP contribution is -2.37. The zero-order chi connectivity index (χ0) is 13.5. The minimum Gasteiger partial charge on any atom is -0.394 e. The molecule has 1 aromatic heterocycles. The van der Waals surface area contributed by atoms with Crippen molar-refractivity contribution in [2.75, 3.05) is 11.5 Å². The van der Waals surface area contributed by atoms with Crippen LogP contribution in [0, 0.1) is 0 Å². The van der Waals surface area contributed by atoms with Gasteiger partial charge in [-0.1, -0.05) is 31.2 Å². The van der Waals surface area contributed by atoms with E-state index < -0.39 is 0 Å². The minimum atomic E-state index is 0.127. The number of aliphatic hydroxyl groups is 1. The van der Waals surface area contributed by atoms with E-state index in [1.807, 2.05) is 30.5 Å². The normalized spacial score (nSPS) is 12.1. The quantitative estimate of drug-likeness (QED) is 0.863. The lowest BCUT2D eigenvalue weighted by Gasteiger charge is -2.32. The molecule has 0 aliphatic heterocycles. The van der Waals surface area contributed by atoms with Crippen molar-refractivity contribution in [1.29, 1.82) is 0 Å². The third kappa shape index (κ3) is 3.55. The van der Waals surface area contributed by atoms with Crippen LogP contribution in [0.4, 0.5) is 5.69 Å². The summed E-state index contributed by atoms with van der Waals surface area (Å²) in [5.41, 5.74) is 2.28. The Morgan fingerprint density at radius 2 is 1.95 bits per heavy atom. The average Bonchev–Trinajstić information content (AvgIpc) is 2.49. The first-order valence-corrected chi connectivity index (χ1v) is 6.66. The molecule has 0 saturated carbocycles. The van der Waals surface area contributed by atoms with Gasteiger partial charge in [0.15, 0.2) is 0 Å². The SMILES string of the molecule is CCC(CO)N(Cc1cccnc1)c1ccccc1. The number of benzene rings is 1. The monoisotopic (exact) mass is 256 g/mol. The number of aromatic nitrogens is 1. The molecule has 2 aromatic rings. The maximum Gasteiger partial charge on any atom is 0.0635 e. The summed E-state index contributed by atoms with van der Waals surface area (Å²) in [5, 5.41) is 9.58. The van der Waals surface area contributed by atoms with Crippen LogP contribution < -0.4 is 4.90 Å². The molecule has 1 unspecified atom stereocenters. The first-order valence-electron chi connectivity index (χ1n) is 6.66. The average molecular weight is 256 g/mol. The zero-order valence-corrected chi connectivity index (χ0v) is 11.2. The summed E-state index contributed by atoms with van der Waals surface area (Å²) in [6, 6.07) is 14.3. The van der Waals surface area contributed by atoms with Gasteiger partial charge in [0.05, 0.1) is 12.6 Å². The Balaban J connectivity index is 2.24. The van der Waals surface area contributed by atoms with Crippen molar-refractivity contribution >= 4 is 5.69 Å². The largest absolute Gasteiger partial charge is 0.394 e. The van der Waals surface area contributed by atoms with Crippen LogP contribution in [-0.2, 0) is 6.54 Å². The summed E-state index contributed by atoms with van der Waals surface area (Å²) in [6.45, 7) is 3.02. The molecular weight excluding hydrogens is 236 g/mol. The van der Waals surface area contributed by atoms with Gasteiger partial charge in [0.25, 0.3) is 0 Å². The Labute approximate surface area is 114 Å². The first kappa shape index (κ1) is 13.6.